The van der Waals surface area contributed by atoms with Gasteiger partial charge in [-0.05, 0) is 43.0 Å². The molecule has 1 N–H and O–H groups in total. The van der Waals surface area contributed by atoms with Gasteiger partial charge in [0.25, 0.3) is 0 Å². The minimum atomic E-state index is -0.242. The highest BCUT2D eigenvalue weighted by Gasteiger charge is 2.42. The fourth-order valence-electron chi connectivity index (χ4n) is 4.11. The maximum atomic E-state index is 12.3. The molecule has 0 atom stereocenters. The van der Waals surface area contributed by atoms with E-state index in [0.717, 1.165) is 50.2 Å². The molecule has 148 valence electrons. The number of carbonyl (C=O) groups is 1. The summed E-state index contributed by atoms with van der Waals surface area (Å²) in [6.45, 7) is 4.14. The second kappa shape index (κ2) is 8.29. The first-order valence-corrected chi connectivity index (χ1v) is 9.94. The standard InChI is InChI=1S/C22H27N3O3/c26-20-7-2-1-5-18(20)8-12-24-13-9-22(10-14-24)17-25(21(27)16-28-22)15-19-6-3-4-11-23-19/h1-7,11,26H,8-10,12-17H2. The molecule has 2 fully saturated rings. The first-order chi connectivity index (χ1) is 13.6. The summed E-state index contributed by atoms with van der Waals surface area (Å²) in [5, 5.41) is 9.93. The Morgan fingerprint density at radius 3 is 2.64 bits per heavy atom. The molecule has 0 aliphatic carbocycles. The first kappa shape index (κ1) is 18.9. The summed E-state index contributed by atoms with van der Waals surface area (Å²) in [6.07, 6.45) is 4.43. The fraction of sp³-hybridized carbons (Fsp3) is 0.455. The van der Waals surface area contributed by atoms with E-state index in [4.69, 9.17) is 4.74 Å². The van der Waals surface area contributed by atoms with Crippen molar-refractivity contribution in [2.24, 2.45) is 0 Å². The lowest BCUT2D eigenvalue weighted by Gasteiger charge is -2.47. The Morgan fingerprint density at radius 1 is 1.11 bits per heavy atom. The predicted molar refractivity (Wildman–Crippen MR) is 106 cm³/mol. The van der Waals surface area contributed by atoms with Gasteiger partial charge in [0.1, 0.15) is 12.4 Å². The van der Waals surface area contributed by atoms with Crippen molar-refractivity contribution >= 4 is 5.91 Å². The number of hydrogen-bond donors (Lipinski definition) is 1. The zero-order valence-electron chi connectivity index (χ0n) is 16.1. The van der Waals surface area contributed by atoms with Crippen LogP contribution in [0.4, 0.5) is 0 Å². The topological polar surface area (TPSA) is 65.9 Å². The average Bonchev–Trinajstić information content (AvgIpc) is 2.72. The number of hydrogen-bond acceptors (Lipinski definition) is 5. The average molecular weight is 381 g/mol. The number of pyridine rings is 1. The smallest absolute Gasteiger partial charge is 0.249 e. The number of ether oxygens (including phenoxy) is 1. The number of phenolic OH excluding ortho intramolecular Hbond substituents is 1. The van der Waals surface area contributed by atoms with E-state index in [0.29, 0.717) is 18.8 Å². The Bertz CT molecular complexity index is 804. The maximum Gasteiger partial charge on any atom is 0.249 e. The van der Waals surface area contributed by atoms with E-state index >= 15 is 0 Å². The van der Waals surface area contributed by atoms with Gasteiger partial charge in [0.15, 0.2) is 0 Å². The number of aromatic nitrogens is 1. The summed E-state index contributed by atoms with van der Waals surface area (Å²) in [5.74, 6) is 0.411. The van der Waals surface area contributed by atoms with Crippen LogP contribution in [0.1, 0.15) is 24.1 Å². The Kier molecular flexibility index (Phi) is 5.59. The SMILES string of the molecule is O=C1COC2(CCN(CCc3ccccc3O)CC2)CN1Cc1ccccn1. The van der Waals surface area contributed by atoms with Gasteiger partial charge in [0.05, 0.1) is 24.4 Å². The molecule has 1 aromatic heterocycles. The summed E-state index contributed by atoms with van der Waals surface area (Å²) in [6, 6.07) is 13.3. The summed E-state index contributed by atoms with van der Waals surface area (Å²) in [4.78, 5) is 21.0. The van der Waals surface area contributed by atoms with Crippen molar-refractivity contribution in [3.63, 3.8) is 0 Å². The number of amides is 1. The van der Waals surface area contributed by atoms with Crippen LogP contribution in [0.15, 0.2) is 48.7 Å². The van der Waals surface area contributed by atoms with E-state index in [1.807, 2.05) is 41.3 Å². The molecule has 3 heterocycles. The van der Waals surface area contributed by atoms with Crippen LogP contribution in [-0.4, -0.2) is 64.2 Å². The molecular weight excluding hydrogens is 354 g/mol. The molecule has 1 spiro atoms. The third-order valence-electron chi connectivity index (χ3n) is 5.87. The molecule has 6 heteroatoms. The van der Waals surface area contributed by atoms with Crippen molar-refractivity contribution in [2.45, 2.75) is 31.4 Å². The molecule has 2 aliphatic heterocycles. The van der Waals surface area contributed by atoms with Crippen LogP contribution >= 0.6 is 0 Å². The number of piperidine rings is 1. The van der Waals surface area contributed by atoms with E-state index in [1.54, 1.807) is 12.3 Å². The predicted octanol–water partition coefficient (Wildman–Crippen LogP) is 2.22. The summed E-state index contributed by atoms with van der Waals surface area (Å²) in [7, 11) is 0. The molecule has 2 aromatic rings. The largest absolute Gasteiger partial charge is 0.508 e. The number of benzene rings is 1. The van der Waals surface area contributed by atoms with Crippen LogP contribution in [0.5, 0.6) is 5.75 Å². The van der Waals surface area contributed by atoms with E-state index in [2.05, 4.69) is 9.88 Å². The molecule has 6 nitrogen and oxygen atoms in total. The molecule has 0 bridgehead atoms. The third-order valence-corrected chi connectivity index (χ3v) is 5.87. The molecule has 1 aromatic carbocycles. The number of nitrogens with zero attached hydrogens (tertiary/aromatic N) is 3. The van der Waals surface area contributed by atoms with Gasteiger partial charge < -0.3 is 19.6 Å². The lowest BCUT2D eigenvalue weighted by Crippen LogP contribution is -2.58. The lowest BCUT2D eigenvalue weighted by molar-refractivity contribution is -0.172. The second-order valence-electron chi connectivity index (χ2n) is 7.76. The Balaban J connectivity index is 1.31. The number of rotatable bonds is 5. The van der Waals surface area contributed by atoms with E-state index in [9.17, 15) is 9.90 Å². The van der Waals surface area contributed by atoms with Crippen LogP contribution in [0.3, 0.4) is 0 Å². The van der Waals surface area contributed by atoms with Crippen molar-refractivity contribution in [1.82, 2.24) is 14.8 Å². The lowest BCUT2D eigenvalue weighted by atomic mass is 9.89. The molecule has 0 unspecified atom stereocenters. The Morgan fingerprint density at radius 2 is 1.89 bits per heavy atom. The van der Waals surface area contributed by atoms with Crippen LogP contribution in [0.2, 0.25) is 0 Å². The first-order valence-electron chi connectivity index (χ1n) is 9.94. The van der Waals surface area contributed by atoms with Crippen molar-refractivity contribution in [2.75, 3.05) is 32.8 Å². The number of phenols is 1. The molecule has 0 radical (unpaired) electrons. The normalized spacial score (nSPS) is 19.9. The van der Waals surface area contributed by atoms with Gasteiger partial charge in [-0.1, -0.05) is 24.3 Å². The van der Waals surface area contributed by atoms with E-state index in [-0.39, 0.29) is 18.1 Å². The fourth-order valence-corrected chi connectivity index (χ4v) is 4.11. The Hall–Kier alpha value is -2.44. The zero-order valence-corrected chi connectivity index (χ0v) is 16.1. The molecular formula is C22H27N3O3. The van der Waals surface area contributed by atoms with Crippen molar-refractivity contribution < 1.29 is 14.6 Å². The van der Waals surface area contributed by atoms with Gasteiger partial charge in [0.2, 0.25) is 5.91 Å². The molecule has 1 amide bonds. The quantitative estimate of drug-likeness (QED) is 0.860. The van der Waals surface area contributed by atoms with E-state index in [1.165, 1.54) is 0 Å². The minimum absolute atomic E-state index is 0.0401. The molecule has 4 rings (SSSR count). The number of aromatic hydroxyl groups is 1. The van der Waals surface area contributed by atoms with Gasteiger partial charge in [0, 0.05) is 25.8 Å². The van der Waals surface area contributed by atoms with Crippen molar-refractivity contribution in [3.05, 3.63) is 59.9 Å². The van der Waals surface area contributed by atoms with E-state index < -0.39 is 0 Å². The summed E-state index contributed by atoms with van der Waals surface area (Å²) >= 11 is 0. The summed E-state index contributed by atoms with van der Waals surface area (Å²) < 4.78 is 6.04. The molecule has 28 heavy (non-hydrogen) atoms. The highest BCUT2D eigenvalue weighted by Crippen LogP contribution is 2.31. The Labute approximate surface area is 165 Å². The van der Waals surface area contributed by atoms with Gasteiger partial charge >= 0.3 is 0 Å². The van der Waals surface area contributed by atoms with Gasteiger partial charge in [-0.15, -0.1) is 0 Å². The van der Waals surface area contributed by atoms with Crippen LogP contribution in [0, 0.1) is 0 Å². The van der Waals surface area contributed by atoms with Crippen LogP contribution < -0.4 is 0 Å². The third kappa shape index (κ3) is 4.34. The highest BCUT2D eigenvalue weighted by molar-refractivity contribution is 5.78. The van der Waals surface area contributed by atoms with Crippen LogP contribution in [-0.2, 0) is 22.5 Å². The van der Waals surface area contributed by atoms with Crippen molar-refractivity contribution in [1.29, 1.82) is 0 Å². The van der Waals surface area contributed by atoms with Gasteiger partial charge in [-0.2, -0.15) is 0 Å². The van der Waals surface area contributed by atoms with Gasteiger partial charge in [-0.3, -0.25) is 9.78 Å². The molecule has 0 saturated carbocycles. The number of likely N-dealkylation sites (tertiary alicyclic amines) is 1. The molecule has 2 saturated heterocycles. The second-order valence-corrected chi connectivity index (χ2v) is 7.76. The van der Waals surface area contributed by atoms with Gasteiger partial charge in [-0.25, -0.2) is 0 Å². The number of para-hydroxylation sites is 1. The number of carbonyl (C=O) groups excluding carboxylic acids is 1. The van der Waals surface area contributed by atoms with Crippen LogP contribution in [0.25, 0.3) is 0 Å². The summed E-state index contributed by atoms with van der Waals surface area (Å²) in [5.41, 5.74) is 1.66. The maximum absolute atomic E-state index is 12.3. The minimum Gasteiger partial charge on any atom is -0.508 e. The highest BCUT2D eigenvalue weighted by atomic mass is 16.5. The number of morpholine rings is 1. The zero-order chi connectivity index (χ0) is 19.4. The van der Waals surface area contributed by atoms with Crippen molar-refractivity contribution in [3.8, 4) is 5.75 Å². The monoisotopic (exact) mass is 381 g/mol. The molecule has 2 aliphatic rings.